The number of carbonyl (C=O) groups excluding carboxylic acids is 3. The van der Waals surface area contributed by atoms with Gasteiger partial charge in [0, 0.05) is 16.7 Å². The van der Waals surface area contributed by atoms with Crippen molar-refractivity contribution in [3.63, 3.8) is 0 Å². The van der Waals surface area contributed by atoms with Crippen LogP contribution in [0, 0.1) is 28.6 Å². The molecular formula is C25H33FO7. The van der Waals surface area contributed by atoms with Gasteiger partial charge in [-0.1, -0.05) is 25.5 Å². The maximum Gasteiger partial charge on any atom is 0.508 e. The highest BCUT2D eigenvalue weighted by atomic mass is 19.1. The van der Waals surface area contributed by atoms with E-state index in [2.05, 4.69) is 0 Å². The fourth-order valence-electron chi connectivity index (χ4n) is 7.53. The molecule has 0 aromatic rings. The molecule has 0 spiro atoms. The Labute approximate surface area is 193 Å². The van der Waals surface area contributed by atoms with Gasteiger partial charge in [0.25, 0.3) is 0 Å². The van der Waals surface area contributed by atoms with E-state index < -0.39 is 58.6 Å². The quantitative estimate of drug-likeness (QED) is 0.615. The summed E-state index contributed by atoms with van der Waals surface area (Å²) in [7, 11) is 0. The molecular weight excluding hydrogens is 431 g/mol. The van der Waals surface area contributed by atoms with Crippen molar-refractivity contribution in [2.24, 2.45) is 28.6 Å². The summed E-state index contributed by atoms with van der Waals surface area (Å²) in [6.45, 7) is 6.25. The Balaban J connectivity index is 1.69. The van der Waals surface area contributed by atoms with Crippen LogP contribution in [0.15, 0.2) is 23.8 Å². The van der Waals surface area contributed by atoms with E-state index in [1.165, 1.54) is 12.2 Å². The molecule has 3 fully saturated rings. The molecule has 7 nitrogen and oxygen atoms in total. The monoisotopic (exact) mass is 464 g/mol. The van der Waals surface area contributed by atoms with Crippen LogP contribution in [0.2, 0.25) is 0 Å². The number of Topliss-reactive ketones (excluding diaryl/α,β-unsaturated/α-hetero) is 1. The maximum atomic E-state index is 17.1. The fraction of sp³-hybridized carbons (Fsp3) is 0.720. The highest BCUT2D eigenvalue weighted by Crippen LogP contribution is 2.70. The van der Waals surface area contributed by atoms with Crippen LogP contribution in [0.3, 0.4) is 0 Å². The van der Waals surface area contributed by atoms with Gasteiger partial charge in [-0.25, -0.2) is 9.18 Å². The van der Waals surface area contributed by atoms with Crippen LogP contribution in [0.4, 0.5) is 9.18 Å². The van der Waals surface area contributed by atoms with Gasteiger partial charge in [-0.05, 0) is 63.5 Å². The molecule has 8 atom stereocenters. The number of halogens is 1. The molecule has 0 bridgehead atoms. The van der Waals surface area contributed by atoms with E-state index in [1.54, 1.807) is 33.8 Å². The number of ketones is 2. The fourth-order valence-corrected chi connectivity index (χ4v) is 7.53. The van der Waals surface area contributed by atoms with Gasteiger partial charge < -0.3 is 19.7 Å². The minimum Gasteiger partial charge on any atom is -0.435 e. The molecule has 182 valence electrons. The van der Waals surface area contributed by atoms with Gasteiger partial charge in [-0.15, -0.1) is 0 Å². The molecule has 0 saturated heterocycles. The summed E-state index contributed by atoms with van der Waals surface area (Å²) >= 11 is 0. The van der Waals surface area contributed by atoms with Crippen LogP contribution in [0.1, 0.15) is 53.4 Å². The lowest BCUT2D eigenvalue weighted by atomic mass is 9.44. The van der Waals surface area contributed by atoms with Crippen LogP contribution in [0.5, 0.6) is 0 Å². The molecule has 4 aliphatic carbocycles. The summed E-state index contributed by atoms with van der Waals surface area (Å²) in [5.41, 5.74) is -5.48. The summed E-state index contributed by atoms with van der Waals surface area (Å²) in [6.07, 6.45) is 3.16. The summed E-state index contributed by atoms with van der Waals surface area (Å²) in [4.78, 5) is 36.7. The van der Waals surface area contributed by atoms with Crippen LogP contribution >= 0.6 is 0 Å². The zero-order valence-corrected chi connectivity index (χ0v) is 19.6. The van der Waals surface area contributed by atoms with Crippen LogP contribution < -0.4 is 0 Å². The zero-order valence-electron chi connectivity index (χ0n) is 19.6. The molecule has 2 N–H and O–H groups in total. The average Bonchev–Trinajstić information content (AvgIpc) is 2.95. The molecule has 33 heavy (non-hydrogen) atoms. The lowest BCUT2D eigenvalue weighted by Crippen LogP contribution is -2.69. The molecule has 0 aromatic heterocycles. The van der Waals surface area contributed by atoms with E-state index in [0.29, 0.717) is 24.8 Å². The van der Waals surface area contributed by atoms with Crippen molar-refractivity contribution in [1.82, 2.24) is 0 Å². The summed E-state index contributed by atoms with van der Waals surface area (Å²) in [5, 5.41) is 23.0. The average molecular weight is 465 g/mol. The van der Waals surface area contributed by atoms with Crippen molar-refractivity contribution >= 4 is 17.7 Å². The second-order valence-electron chi connectivity index (χ2n) is 10.6. The molecule has 0 radical (unpaired) electrons. The molecule has 0 unspecified atom stereocenters. The van der Waals surface area contributed by atoms with Crippen molar-refractivity contribution in [3.05, 3.63) is 23.8 Å². The van der Waals surface area contributed by atoms with Crippen molar-refractivity contribution in [3.8, 4) is 0 Å². The van der Waals surface area contributed by atoms with Gasteiger partial charge >= 0.3 is 6.16 Å². The second kappa shape index (κ2) is 7.73. The number of allylic oxidation sites excluding steroid dienone is 4. The first kappa shape index (κ1) is 24.1. The number of hydrogen-bond acceptors (Lipinski definition) is 7. The zero-order chi connectivity index (χ0) is 24.4. The van der Waals surface area contributed by atoms with Gasteiger partial charge in [-0.2, -0.15) is 0 Å². The SMILES string of the molecule is CCOC(=O)OCC(=O)[C@@]1(O)[C@@H](C)C[C@H]2[C@@H]3CCC4=CC(=O)C=C[C@]4(C)[C@@]3(F)[C@@H](O)C[C@@]21C. The van der Waals surface area contributed by atoms with Crippen molar-refractivity contribution in [1.29, 1.82) is 0 Å². The van der Waals surface area contributed by atoms with Gasteiger partial charge in [-0.3, -0.25) is 9.59 Å². The minimum absolute atomic E-state index is 0.0924. The Bertz CT molecular complexity index is 943. The first-order valence-electron chi connectivity index (χ1n) is 11.7. The van der Waals surface area contributed by atoms with E-state index in [4.69, 9.17) is 9.47 Å². The van der Waals surface area contributed by atoms with Gasteiger partial charge in [0.2, 0.25) is 5.78 Å². The molecule has 8 heteroatoms. The summed E-state index contributed by atoms with van der Waals surface area (Å²) in [6, 6.07) is 0. The molecule has 0 heterocycles. The smallest absolute Gasteiger partial charge is 0.435 e. The number of aliphatic hydroxyl groups excluding tert-OH is 1. The summed E-state index contributed by atoms with van der Waals surface area (Å²) in [5.74, 6) is -2.36. The van der Waals surface area contributed by atoms with Gasteiger partial charge in [0.15, 0.2) is 18.1 Å². The van der Waals surface area contributed by atoms with E-state index >= 15 is 4.39 Å². The van der Waals surface area contributed by atoms with Crippen LogP contribution in [0.25, 0.3) is 0 Å². The Morgan fingerprint density at radius 3 is 2.61 bits per heavy atom. The third-order valence-corrected chi connectivity index (χ3v) is 9.23. The third kappa shape index (κ3) is 3.02. The highest BCUT2D eigenvalue weighted by molar-refractivity contribution is 6.01. The van der Waals surface area contributed by atoms with Crippen molar-refractivity contribution in [2.75, 3.05) is 13.2 Å². The Kier molecular flexibility index (Phi) is 5.64. The molecule has 3 saturated carbocycles. The number of hydrogen-bond donors (Lipinski definition) is 2. The normalized spacial score (nSPS) is 46.0. The van der Waals surface area contributed by atoms with Crippen LogP contribution in [-0.2, 0) is 19.1 Å². The maximum absolute atomic E-state index is 17.1. The Morgan fingerprint density at radius 1 is 1.24 bits per heavy atom. The molecule has 0 aliphatic heterocycles. The number of carbonyl (C=O) groups is 3. The van der Waals surface area contributed by atoms with Gasteiger partial charge in [0.1, 0.15) is 5.60 Å². The third-order valence-electron chi connectivity index (χ3n) is 9.23. The molecule has 4 rings (SSSR count). The predicted molar refractivity (Wildman–Crippen MR) is 116 cm³/mol. The Morgan fingerprint density at radius 2 is 1.94 bits per heavy atom. The number of rotatable bonds is 4. The largest absolute Gasteiger partial charge is 0.508 e. The topological polar surface area (TPSA) is 110 Å². The van der Waals surface area contributed by atoms with E-state index in [-0.39, 0.29) is 24.7 Å². The van der Waals surface area contributed by atoms with E-state index in [9.17, 15) is 24.6 Å². The molecule has 0 aromatic carbocycles. The first-order valence-corrected chi connectivity index (χ1v) is 11.7. The summed E-state index contributed by atoms with van der Waals surface area (Å²) < 4.78 is 26.7. The lowest BCUT2D eigenvalue weighted by molar-refractivity contribution is -0.219. The second-order valence-corrected chi connectivity index (χ2v) is 10.6. The van der Waals surface area contributed by atoms with E-state index in [1.807, 2.05) is 0 Å². The lowest BCUT2D eigenvalue weighted by Gasteiger charge is -2.62. The first-order chi connectivity index (χ1) is 15.4. The Hall–Kier alpha value is -2.06. The number of alkyl halides is 1. The minimum atomic E-state index is -2.03. The number of aliphatic hydroxyl groups is 2. The highest BCUT2D eigenvalue weighted by Gasteiger charge is 2.75. The predicted octanol–water partition coefficient (Wildman–Crippen LogP) is 3.08. The number of ether oxygens (including phenoxy) is 2. The molecule has 0 amide bonds. The van der Waals surface area contributed by atoms with Gasteiger partial charge in [0.05, 0.1) is 12.7 Å². The van der Waals surface area contributed by atoms with Crippen molar-refractivity contribution < 1.29 is 38.5 Å². The molecule has 4 aliphatic rings. The van der Waals surface area contributed by atoms with Crippen LogP contribution in [-0.4, -0.2) is 58.5 Å². The van der Waals surface area contributed by atoms with Crippen molar-refractivity contribution in [2.45, 2.75) is 70.8 Å². The number of fused-ring (bicyclic) bond motifs is 5. The standard InChI is InChI=1S/C25H33FO7/c1-5-32-21(30)33-13-20(29)25(31)14(2)10-18-17-7-6-15-11-16(27)8-9-22(15,3)24(17,26)19(28)12-23(18,25)4/h8-9,11,14,17-19,28,31H,5-7,10,12-13H2,1-4H3/t14-,17-,18-,19-,22-,23-,24-,25-/m0/s1. The van der Waals surface area contributed by atoms with E-state index in [0.717, 1.165) is 0 Å².